The number of aromatic nitrogens is 2. The van der Waals surface area contributed by atoms with Crippen molar-refractivity contribution in [2.24, 2.45) is 0 Å². The van der Waals surface area contributed by atoms with E-state index in [-0.39, 0.29) is 13.2 Å². The Morgan fingerprint density at radius 3 is 2.30 bits per heavy atom. The van der Waals surface area contributed by atoms with Gasteiger partial charge in [-0.25, -0.2) is 0 Å². The van der Waals surface area contributed by atoms with Crippen LogP contribution in [0.25, 0.3) is 11.5 Å². The predicted octanol–water partition coefficient (Wildman–Crippen LogP) is 0.832. The molecular weight excluding hydrogens is 258 g/mol. The minimum absolute atomic E-state index is 0.0267. The van der Waals surface area contributed by atoms with Crippen molar-refractivity contribution in [1.29, 1.82) is 0 Å². The number of aliphatic hydroxyl groups excluding tert-OH is 2. The first-order valence-corrected chi connectivity index (χ1v) is 6.56. The molecule has 0 fully saturated rings. The lowest BCUT2D eigenvalue weighted by molar-refractivity contribution is 0.147. The fraction of sp³-hybridized carbons (Fsp3) is 0.429. The van der Waals surface area contributed by atoms with Gasteiger partial charge in [0, 0.05) is 18.7 Å². The maximum atomic E-state index is 8.96. The second kappa shape index (κ2) is 7.14. The van der Waals surface area contributed by atoms with E-state index in [0.717, 1.165) is 5.56 Å². The zero-order chi connectivity index (χ0) is 14.4. The molecule has 0 unspecified atom stereocenters. The van der Waals surface area contributed by atoms with Crippen LogP contribution in [0.15, 0.2) is 28.7 Å². The van der Waals surface area contributed by atoms with Crippen LogP contribution in [-0.2, 0) is 6.54 Å². The van der Waals surface area contributed by atoms with Gasteiger partial charge in [-0.3, -0.25) is 4.90 Å². The van der Waals surface area contributed by atoms with E-state index < -0.39 is 0 Å². The van der Waals surface area contributed by atoms with Crippen molar-refractivity contribution in [2.75, 3.05) is 26.3 Å². The summed E-state index contributed by atoms with van der Waals surface area (Å²) in [6, 6.07) is 7.85. The first-order valence-electron chi connectivity index (χ1n) is 6.56. The van der Waals surface area contributed by atoms with Crippen molar-refractivity contribution in [3.63, 3.8) is 0 Å². The summed E-state index contributed by atoms with van der Waals surface area (Å²) in [6.45, 7) is 3.41. The molecule has 0 saturated carbocycles. The van der Waals surface area contributed by atoms with Crippen molar-refractivity contribution < 1.29 is 14.6 Å². The van der Waals surface area contributed by atoms with E-state index in [9.17, 15) is 0 Å². The fourth-order valence-electron chi connectivity index (χ4n) is 1.87. The highest BCUT2D eigenvalue weighted by Crippen LogP contribution is 2.18. The Labute approximate surface area is 117 Å². The molecule has 0 amide bonds. The number of aliphatic hydroxyl groups is 2. The van der Waals surface area contributed by atoms with Crippen LogP contribution in [-0.4, -0.2) is 51.6 Å². The van der Waals surface area contributed by atoms with Gasteiger partial charge in [-0.2, -0.15) is 0 Å². The molecule has 0 atom stereocenters. The smallest absolute Gasteiger partial charge is 0.247 e. The lowest BCUT2D eigenvalue weighted by Gasteiger charge is -2.17. The SMILES string of the molecule is Cc1ccc(-c2nnc(CN(CCO)CCO)o2)cc1. The minimum Gasteiger partial charge on any atom is -0.419 e. The molecule has 1 aromatic carbocycles. The number of hydrogen-bond acceptors (Lipinski definition) is 6. The van der Waals surface area contributed by atoms with Gasteiger partial charge >= 0.3 is 0 Å². The number of hydrogen-bond donors (Lipinski definition) is 2. The van der Waals surface area contributed by atoms with Gasteiger partial charge in [-0.15, -0.1) is 10.2 Å². The molecule has 0 bridgehead atoms. The Hall–Kier alpha value is -1.76. The Bertz CT molecular complexity index is 519. The van der Waals surface area contributed by atoms with E-state index in [1.807, 2.05) is 36.1 Å². The van der Waals surface area contributed by atoms with E-state index in [2.05, 4.69) is 10.2 Å². The zero-order valence-electron chi connectivity index (χ0n) is 11.5. The quantitative estimate of drug-likeness (QED) is 0.780. The second-order valence-corrected chi connectivity index (χ2v) is 4.59. The number of benzene rings is 1. The monoisotopic (exact) mass is 277 g/mol. The van der Waals surface area contributed by atoms with E-state index in [1.54, 1.807) is 0 Å². The third-order valence-electron chi connectivity index (χ3n) is 2.96. The average Bonchev–Trinajstić information content (AvgIpc) is 2.89. The molecule has 2 rings (SSSR count). The van der Waals surface area contributed by atoms with Crippen LogP contribution in [0, 0.1) is 6.92 Å². The number of nitrogens with zero attached hydrogens (tertiary/aromatic N) is 3. The lowest BCUT2D eigenvalue weighted by atomic mass is 10.1. The predicted molar refractivity (Wildman–Crippen MR) is 73.9 cm³/mol. The molecule has 1 aromatic heterocycles. The molecule has 0 aliphatic heterocycles. The van der Waals surface area contributed by atoms with Gasteiger partial charge in [0.2, 0.25) is 11.8 Å². The molecule has 1 heterocycles. The normalized spacial score (nSPS) is 11.2. The topological polar surface area (TPSA) is 82.6 Å². The van der Waals surface area contributed by atoms with Crippen LogP contribution in [0.1, 0.15) is 11.5 Å². The third kappa shape index (κ3) is 3.86. The van der Waals surface area contributed by atoms with Gasteiger partial charge in [-0.05, 0) is 19.1 Å². The summed E-state index contributed by atoms with van der Waals surface area (Å²) in [5.41, 5.74) is 2.05. The molecule has 0 saturated heterocycles. The molecule has 0 radical (unpaired) electrons. The van der Waals surface area contributed by atoms with Crippen LogP contribution < -0.4 is 0 Å². The van der Waals surface area contributed by atoms with Crippen molar-refractivity contribution in [3.8, 4) is 11.5 Å². The van der Waals surface area contributed by atoms with Crippen molar-refractivity contribution >= 4 is 0 Å². The molecule has 108 valence electrons. The molecule has 2 N–H and O–H groups in total. The third-order valence-corrected chi connectivity index (χ3v) is 2.96. The summed E-state index contributed by atoms with van der Waals surface area (Å²) in [4.78, 5) is 1.85. The van der Waals surface area contributed by atoms with E-state index in [1.165, 1.54) is 5.56 Å². The van der Waals surface area contributed by atoms with E-state index >= 15 is 0 Å². The summed E-state index contributed by atoms with van der Waals surface area (Å²) in [5, 5.41) is 25.9. The largest absolute Gasteiger partial charge is 0.419 e. The van der Waals surface area contributed by atoms with E-state index in [0.29, 0.717) is 31.4 Å². The Morgan fingerprint density at radius 1 is 1.05 bits per heavy atom. The second-order valence-electron chi connectivity index (χ2n) is 4.59. The highest BCUT2D eigenvalue weighted by Gasteiger charge is 2.12. The Kier molecular flexibility index (Phi) is 5.23. The molecule has 0 spiro atoms. The average molecular weight is 277 g/mol. The van der Waals surface area contributed by atoms with Gasteiger partial charge < -0.3 is 14.6 Å². The highest BCUT2D eigenvalue weighted by atomic mass is 16.4. The van der Waals surface area contributed by atoms with Crippen LogP contribution >= 0.6 is 0 Å². The summed E-state index contributed by atoms with van der Waals surface area (Å²) in [6.07, 6.45) is 0. The van der Waals surface area contributed by atoms with Gasteiger partial charge in [0.15, 0.2) is 0 Å². The molecular formula is C14H19N3O3. The molecule has 6 nitrogen and oxygen atoms in total. The maximum absolute atomic E-state index is 8.96. The molecule has 6 heteroatoms. The summed E-state index contributed by atoms with van der Waals surface area (Å²) in [5.74, 6) is 0.954. The Balaban J connectivity index is 2.06. The molecule has 2 aromatic rings. The lowest BCUT2D eigenvalue weighted by Crippen LogP contribution is -2.29. The Morgan fingerprint density at radius 2 is 1.70 bits per heavy atom. The van der Waals surface area contributed by atoms with Gasteiger partial charge in [-0.1, -0.05) is 17.7 Å². The van der Waals surface area contributed by atoms with Gasteiger partial charge in [0.05, 0.1) is 19.8 Å². The summed E-state index contributed by atoms with van der Waals surface area (Å²) < 4.78 is 5.61. The van der Waals surface area contributed by atoms with Gasteiger partial charge in [0.25, 0.3) is 0 Å². The summed E-state index contributed by atoms with van der Waals surface area (Å²) >= 11 is 0. The molecule has 0 aliphatic rings. The first-order chi connectivity index (χ1) is 9.72. The van der Waals surface area contributed by atoms with Crippen LogP contribution in [0.3, 0.4) is 0 Å². The fourth-order valence-corrected chi connectivity index (χ4v) is 1.87. The molecule has 20 heavy (non-hydrogen) atoms. The van der Waals surface area contributed by atoms with Crippen LogP contribution in [0.5, 0.6) is 0 Å². The van der Waals surface area contributed by atoms with E-state index in [4.69, 9.17) is 14.6 Å². The van der Waals surface area contributed by atoms with Crippen molar-refractivity contribution in [1.82, 2.24) is 15.1 Å². The van der Waals surface area contributed by atoms with Crippen LogP contribution in [0.4, 0.5) is 0 Å². The zero-order valence-corrected chi connectivity index (χ0v) is 11.5. The molecule has 0 aliphatic carbocycles. The maximum Gasteiger partial charge on any atom is 0.247 e. The van der Waals surface area contributed by atoms with Crippen LogP contribution in [0.2, 0.25) is 0 Å². The standard InChI is InChI=1S/C14H19N3O3/c1-11-2-4-12(5-3-11)14-16-15-13(20-14)10-17(6-8-18)7-9-19/h2-5,18-19H,6-10H2,1H3. The minimum atomic E-state index is 0.0267. The first kappa shape index (κ1) is 14.6. The highest BCUT2D eigenvalue weighted by molar-refractivity contribution is 5.52. The number of rotatable bonds is 7. The number of aryl methyl sites for hydroxylation is 1. The van der Waals surface area contributed by atoms with Gasteiger partial charge in [0.1, 0.15) is 0 Å². The summed E-state index contributed by atoms with van der Waals surface area (Å²) in [7, 11) is 0. The van der Waals surface area contributed by atoms with Crippen molar-refractivity contribution in [3.05, 3.63) is 35.7 Å². The van der Waals surface area contributed by atoms with Crippen molar-refractivity contribution in [2.45, 2.75) is 13.5 Å².